The molecule has 0 aliphatic heterocycles. The second kappa shape index (κ2) is 3.80. The number of carbonyl (C=O) groups is 1. The van der Waals surface area contributed by atoms with E-state index in [4.69, 9.17) is 0 Å². The Kier molecular flexibility index (Phi) is 2.47. The molecule has 2 heterocycles. The van der Waals surface area contributed by atoms with Gasteiger partial charge in [0.15, 0.2) is 5.82 Å². The highest BCUT2D eigenvalue weighted by Gasteiger charge is 2.15. The van der Waals surface area contributed by atoms with Gasteiger partial charge < -0.3 is 5.32 Å². The lowest BCUT2D eigenvalue weighted by Crippen LogP contribution is -2.14. The Morgan fingerprint density at radius 1 is 1.50 bits per heavy atom. The summed E-state index contributed by atoms with van der Waals surface area (Å²) in [5.41, 5.74) is 2.02. The second-order valence-electron chi connectivity index (χ2n) is 3.64. The molecule has 0 aliphatic rings. The quantitative estimate of drug-likeness (QED) is 0.791. The Hall–Kier alpha value is -2.11. The molecule has 0 unspecified atom stereocenters. The van der Waals surface area contributed by atoms with Crippen molar-refractivity contribution in [2.24, 2.45) is 7.05 Å². The highest BCUT2D eigenvalue weighted by molar-refractivity contribution is 6.05. The van der Waals surface area contributed by atoms with Crippen molar-refractivity contribution in [3.8, 4) is 0 Å². The molecule has 1 amide bonds. The first-order valence-corrected chi connectivity index (χ1v) is 4.90. The minimum atomic E-state index is -0.192. The van der Waals surface area contributed by atoms with Gasteiger partial charge in [-0.3, -0.25) is 14.6 Å². The van der Waals surface area contributed by atoms with Crippen LogP contribution >= 0.6 is 0 Å². The van der Waals surface area contributed by atoms with E-state index in [1.165, 1.54) is 0 Å². The molecule has 84 valence electrons. The molecule has 0 spiro atoms. The van der Waals surface area contributed by atoms with Crippen molar-refractivity contribution in [3.63, 3.8) is 0 Å². The number of hydrogen-bond acceptors (Lipinski definition) is 3. The predicted octanol–water partition coefficient (Wildman–Crippen LogP) is 1.01. The Morgan fingerprint density at radius 3 is 2.75 bits per heavy atom. The number of rotatable bonds is 2. The van der Waals surface area contributed by atoms with Gasteiger partial charge in [0.2, 0.25) is 0 Å². The van der Waals surface area contributed by atoms with Crippen LogP contribution in [-0.4, -0.2) is 25.9 Å². The Morgan fingerprint density at radius 2 is 2.25 bits per heavy atom. The first-order chi connectivity index (χ1) is 7.58. The van der Waals surface area contributed by atoms with E-state index in [-0.39, 0.29) is 5.91 Å². The Balaban J connectivity index is 2.21. The molecule has 0 aromatic carbocycles. The van der Waals surface area contributed by atoms with Crippen molar-refractivity contribution in [3.05, 3.63) is 29.2 Å². The summed E-state index contributed by atoms with van der Waals surface area (Å²) in [5.74, 6) is 0.343. The van der Waals surface area contributed by atoms with Crippen LogP contribution in [-0.2, 0) is 7.05 Å². The van der Waals surface area contributed by atoms with Gasteiger partial charge in [-0.1, -0.05) is 0 Å². The number of hydrogen-bond donors (Lipinski definition) is 2. The largest absolute Gasteiger partial charge is 0.305 e. The van der Waals surface area contributed by atoms with Crippen molar-refractivity contribution in [1.82, 2.24) is 20.0 Å². The summed E-state index contributed by atoms with van der Waals surface area (Å²) >= 11 is 0. The molecule has 0 saturated heterocycles. The first-order valence-electron chi connectivity index (χ1n) is 4.90. The van der Waals surface area contributed by atoms with Crippen LogP contribution < -0.4 is 5.32 Å². The van der Waals surface area contributed by atoms with Gasteiger partial charge in [0.25, 0.3) is 5.91 Å². The van der Waals surface area contributed by atoms with Crippen LogP contribution in [0.4, 0.5) is 5.82 Å². The number of carbonyl (C=O) groups excluding carboxylic acids is 1. The summed E-state index contributed by atoms with van der Waals surface area (Å²) in [5, 5.41) is 13.5. The van der Waals surface area contributed by atoms with Gasteiger partial charge in [-0.25, -0.2) is 0 Å². The third-order valence-electron chi connectivity index (χ3n) is 2.31. The van der Waals surface area contributed by atoms with E-state index in [0.717, 1.165) is 5.69 Å². The molecule has 6 heteroatoms. The van der Waals surface area contributed by atoms with Crippen LogP contribution in [0.15, 0.2) is 12.3 Å². The molecule has 0 saturated carbocycles. The molecule has 0 bridgehead atoms. The summed E-state index contributed by atoms with van der Waals surface area (Å²) in [6.07, 6.45) is 1.77. The Bertz CT molecular complexity index is 506. The van der Waals surface area contributed by atoms with Crippen molar-refractivity contribution in [1.29, 1.82) is 0 Å². The molecule has 16 heavy (non-hydrogen) atoms. The fourth-order valence-electron chi connectivity index (χ4n) is 1.55. The topological polar surface area (TPSA) is 75.6 Å². The van der Waals surface area contributed by atoms with Crippen molar-refractivity contribution >= 4 is 11.7 Å². The van der Waals surface area contributed by atoms with Gasteiger partial charge in [0.1, 0.15) is 0 Å². The second-order valence-corrected chi connectivity index (χ2v) is 3.64. The molecule has 0 fully saturated rings. The molecular weight excluding hydrogens is 206 g/mol. The lowest BCUT2D eigenvalue weighted by molar-refractivity contribution is 0.102. The first kappa shape index (κ1) is 10.4. The molecule has 2 aromatic rings. The number of anilines is 1. The van der Waals surface area contributed by atoms with Gasteiger partial charge >= 0.3 is 0 Å². The van der Waals surface area contributed by atoms with Crippen LogP contribution in [0.25, 0.3) is 0 Å². The number of nitrogens with zero attached hydrogens (tertiary/aromatic N) is 3. The van der Waals surface area contributed by atoms with Crippen molar-refractivity contribution in [2.45, 2.75) is 13.8 Å². The van der Waals surface area contributed by atoms with Crippen molar-refractivity contribution in [2.75, 3.05) is 5.32 Å². The maximum atomic E-state index is 11.9. The van der Waals surface area contributed by atoms with Gasteiger partial charge in [-0.2, -0.15) is 10.2 Å². The monoisotopic (exact) mass is 219 g/mol. The summed E-state index contributed by atoms with van der Waals surface area (Å²) in [6, 6.07) is 1.74. The molecule has 0 radical (unpaired) electrons. The van der Waals surface area contributed by atoms with Gasteiger partial charge in [-0.15, -0.1) is 0 Å². The highest BCUT2D eigenvalue weighted by Crippen LogP contribution is 2.11. The van der Waals surface area contributed by atoms with Gasteiger partial charge in [0, 0.05) is 25.0 Å². The van der Waals surface area contributed by atoms with E-state index in [2.05, 4.69) is 20.6 Å². The summed E-state index contributed by atoms with van der Waals surface area (Å²) in [7, 11) is 1.80. The van der Waals surface area contributed by atoms with E-state index >= 15 is 0 Å². The number of amides is 1. The fraction of sp³-hybridized carbons (Fsp3) is 0.300. The minimum absolute atomic E-state index is 0.192. The van der Waals surface area contributed by atoms with E-state index < -0.39 is 0 Å². The number of aromatic amines is 1. The third kappa shape index (κ3) is 1.81. The maximum Gasteiger partial charge on any atom is 0.260 e. The number of aromatic nitrogens is 4. The normalized spacial score (nSPS) is 10.4. The minimum Gasteiger partial charge on any atom is -0.305 e. The van der Waals surface area contributed by atoms with E-state index in [9.17, 15) is 4.79 Å². The SMILES string of the molecule is Cc1n[nH]c(C)c1C(=O)Nc1ccn(C)n1. The molecule has 2 N–H and O–H groups in total. The van der Waals surface area contributed by atoms with Crippen LogP contribution in [0.2, 0.25) is 0 Å². The van der Waals surface area contributed by atoms with Crippen molar-refractivity contribution < 1.29 is 4.79 Å². The molecule has 6 nitrogen and oxygen atoms in total. The summed E-state index contributed by atoms with van der Waals surface area (Å²) in [6.45, 7) is 3.60. The number of nitrogens with one attached hydrogen (secondary N) is 2. The lowest BCUT2D eigenvalue weighted by atomic mass is 10.2. The Labute approximate surface area is 92.7 Å². The lowest BCUT2D eigenvalue weighted by Gasteiger charge is -2.01. The van der Waals surface area contributed by atoms with Gasteiger partial charge in [-0.05, 0) is 13.8 Å². The molecule has 2 aromatic heterocycles. The smallest absolute Gasteiger partial charge is 0.260 e. The van der Waals surface area contributed by atoms with E-state index in [1.54, 1.807) is 30.9 Å². The maximum absolute atomic E-state index is 11.9. The zero-order chi connectivity index (χ0) is 11.7. The average molecular weight is 219 g/mol. The van der Waals surface area contributed by atoms with E-state index in [0.29, 0.717) is 17.1 Å². The van der Waals surface area contributed by atoms with Gasteiger partial charge in [0.05, 0.1) is 11.3 Å². The molecule has 0 aliphatic carbocycles. The van der Waals surface area contributed by atoms with Crippen LogP contribution in [0.5, 0.6) is 0 Å². The summed E-state index contributed by atoms with van der Waals surface area (Å²) in [4.78, 5) is 11.9. The van der Waals surface area contributed by atoms with E-state index in [1.807, 2.05) is 6.92 Å². The zero-order valence-corrected chi connectivity index (χ0v) is 9.40. The van der Waals surface area contributed by atoms with Crippen LogP contribution in [0, 0.1) is 13.8 Å². The molecular formula is C10H13N5O. The zero-order valence-electron chi connectivity index (χ0n) is 9.40. The summed E-state index contributed by atoms with van der Waals surface area (Å²) < 4.78 is 1.63. The molecule has 0 atom stereocenters. The predicted molar refractivity (Wildman–Crippen MR) is 59.2 cm³/mol. The van der Waals surface area contributed by atoms with Crippen LogP contribution in [0.3, 0.4) is 0 Å². The fourth-order valence-corrected chi connectivity index (χ4v) is 1.55. The highest BCUT2D eigenvalue weighted by atomic mass is 16.1. The standard InChI is InChI=1S/C10H13N5O/c1-6-9(7(2)13-12-6)10(16)11-8-4-5-15(3)14-8/h4-5H,1-3H3,(H,12,13)(H,11,14,16). The number of H-pyrrole nitrogens is 1. The average Bonchev–Trinajstić information content (AvgIpc) is 2.74. The molecule has 2 rings (SSSR count). The number of aryl methyl sites for hydroxylation is 3. The third-order valence-corrected chi connectivity index (χ3v) is 2.31. The van der Waals surface area contributed by atoms with Crippen LogP contribution in [0.1, 0.15) is 21.7 Å².